The number of amides is 1. The largest absolute Gasteiger partial charge is 0.341 e. The van der Waals surface area contributed by atoms with Gasteiger partial charge in [-0.25, -0.2) is 0 Å². The molecule has 0 fully saturated rings. The van der Waals surface area contributed by atoms with Gasteiger partial charge in [0, 0.05) is 37.0 Å². The van der Waals surface area contributed by atoms with Crippen LogP contribution in [0.4, 0.5) is 0 Å². The Morgan fingerprint density at radius 2 is 1.96 bits per heavy atom. The van der Waals surface area contributed by atoms with Crippen molar-refractivity contribution in [2.45, 2.75) is 25.8 Å². The second kappa shape index (κ2) is 8.63. The van der Waals surface area contributed by atoms with E-state index in [1.165, 1.54) is 0 Å². The van der Waals surface area contributed by atoms with E-state index in [1.54, 1.807) is 11.9 Å². The van der Waals surface area contributed by atoms with E-state index in [4.69, 9.17) is 16.1 Å². The third-order valence-corrected chi connectivity index (χ3v) is 4.25. The zero-order valence-electron chi connectivity index (χ0n) is 14.6. The molecule has 3 aromatic rings. The molecular formula is C20H20ClN3O2. The Labute approximate surface area is 157 Å². The maximum Gasteiger partial charge on any atom is 0.226 e. The van der Waals surface area contributed by atoms with Gasteiger partial charge in [0.2, 0.25) is 17.6 Å². The second-order valence-corrected chi connectivity index (χ2v) is 6.55. The lowest BCUT2D eigenvalue weighted by Gasteiger charge is -2.17. The van der Waals surface area contributed by atoms with Crippen LogP contribution in [0, 0.1) is 0 Å². The van der Waals surface area contributed by atoms with Crippen LogP contribution in [0.3, 0.4) is 0 Å². The van der Waals surface area contributed by atoms with Crippen molar-refractivity contribution < 1.29 is 9.32 Å². The Balaban J connectivity index is 1.47. The van der Waals surface area contributed by atoms with Crippen molar-refractivity contribution in [2.24, 2.45) is 0 Å². The number of carbonyl (C=O) groups excluding carboxylic acids is 1. The van der Waals surface area contributed by atoms with Gasteiger partial charge in [0.05, 0.1) is 0 Å². The minimum atomic E-state index is 0.0766. The highest BCUT2D eigenvalue weighted by Crippen LogP contribution is 2.16. The Bertz CT molecular complexity index is 864. The summed E-state index contributed by atoms with van der Waals surface area (Å²) in [6.45, 7) is 0.540. The van der Waals surface area contributed by atoms with Crippen molar-refractivity contribution in [3.8, 4) is 11.4 Å². The van der Waals surface area contributed by atoms with Crippen molar-refractivity contribution >= 4 is 17.5 Å². The molecule has 0 atom stereocenters. The number of halogens is 1. The molecule has 0 radical (unpaired) electrons. The standard InChI is InChI=1S/C20H20ClN3O2/c1-24(14-15-7-5-10-17(21)13-15)19(25)12-6-11-18-22-20(23-26-18)16-8-3-2-4-9-16/h2-5,7-10,13H,6,11-12,14H2,1H3. The van der Waals surface area contributed by atoms with E-state index in [9.17, 15) is 4.79 Å². The van der Waals surface area contributed by atoms with E-state index in [2.05, 4.69) is 10.1 Å². The number of hydrogen-bond donors (Lipinski definition) is 0. The first kappa shape index (κ1) is 18.1. The van der Waals surface area contributed by atoms with Crippen LogP contribution in [0.1, 0.15) is 24.3 Å². The fraction of sp³-hybridized carbons (Fsp3) is 0.250. The van der Waals surface area contributed by atoms with Crippen LogP contribution in [0.15, 0.2) is 59.1 Å². The predicted molar refractivity (Wildman–Crippen MR) is 101 cm³/mol. The highest BCUT2D eigenvalue weighted by Gasteiger charge is 2.12. The molecule has 0 aliphatic carbocycles. The van der Waals surface area contributed by atoms with E-state index in [1.807, 2.05) is 54.6 Å². The lowest BCUT2D eigenvalue weighted by Crippen LogP contribution is -2.25. The third-order valence-electron chi connectivity index (χ3n) is 4.02. The Kier molecular flexibility index (Phi) is 6.02. The zero-order chi connectivity index (χ0) is 18.4. The molecule has 0 aliphatic rings. The van der Waals surface area contributed by atoms with Gasteiger partial charge in [-0.3, -0.25) is 4.79 Å². The summed E-state index contributed by atoms with van der Waals surface area (Å²) >= 11 is 5.98. The molecule has 0 spiro atoms. The maximum absolute atomic E-state index is 12.3. The van der Waals surface area contributed by atoms with E-state index in [0.29, 0.717) is 42.5 Å². The minimum Gasteiger partial charge on any atom is -0.341 e. The fourth-order valence-corrected chi connectivity index (χ4v) is 2.85. The summed E-state index contributed by atoms with van der Waals surface area (Å²) in [7, 11) is 1.80. The van der Waals surface area contributed by atoms with Crippen LogP contribution in [-0.2, 0) is 17.8 Å². The molecule has 0 bridgehead atoms. The van der Waals surface area contributed by atoms with Crippen LogP contribution in [0.2, 0.25) is 5.02 Å². The molecular weight excluding hydrogens is 350 g/mol. The van der Waals surface area contributed by atoms with Crippen molar-refractivity contribution in [2.75, 3.05) is 7.05 Å². The van der Waals surface area contributed by atoms with Gasteiger partial charge in [-0.2, -0.15) is 4.98 Å². The van der Waals surface area contributed by atoms with Crippen LogP contribution in [-0.4, -0.2) is 28.0 Å². The number of hydrogen-bond acceptors (Lipinski definition) is 4. The van der Waals surface area contributed by atoms with Crippen LogP contribution < -0.4 is 0 Å². The van der Waals surface area contributed by atoms with Gasteiger partial charge in [0.1, 0.15) is 0 Å². The molecule has 26 heavy (non-hydrogen) atoms. The molecule has 6 heteroatoms. The monoisotopic (exact) mass is 369 g/mol. The van der Waals surface area contributed by atoms with Crippen molar-refractivity contribution in [3.63, 3.8) is 0 Å². The third kappa shape index (κ3) is 4.92. The highest BCUT2D eigenvalue weighted by atomic mass is 35.5. The maximum atomic E-state index is 12.3. The Morgan fingerprint density at radius 1 is 1.15 bits per heavy atom. The van der Waals surface area contributed by atoms with Crippen molar-refractivity contribution in [1.29, 1.82) is 0 Å². The van der Waals surface area contributed by atoms with Crippen molar-refractivity contribution in [1.82, 2.24) is 15.0 Å². The van der Waals surface area contributed by atoms with Gasteiger partial charge in [-0.15, -0.1) is 0 Å². The first-order valence-electron chi connectivity index (χ1n) is 8.48. The van der Waals surface area contributed by atoms with E-state index >= 15 is 0 Å². The number of nitrogens with zero attached hydrogens (tertiary/aromatic N) is 3. The quantitative estimate of drug-likeness (QED) is 0.620. The molecule has 0 aliphatic heterocycles. The number of rotatable bonds is 7. The summed E-state index contributed by atoms with van der Waals surface area (Å²) in [6, 6.07) is 17.2. The van der Waals surface area contributed by atoms with Crippen LogP contribution in [0.5, 0.6) is 0 Å². The average Bonchev–Trinajstić information content (AvgIpc) is 3.11. The molecule has 1 heterocycles. The fourth-order valence-electron chi connectivity index (χ4n) is 2.64. The van der Waals surface area contributed by atoms with Crippen LogP contribution in [0.25, 0.3) is 11.4 Å². The van der Waals surface area contributed by atoms with Gasteiger partial charge >= 0.3 is 0 Å². The lowest BCUT2D eigenvalue weighted by atomic mass is 10.2. The van der Waals surface area contributed by atoms with E-state index in [0.717, 1.165) is 11.1 Å². The lowest BCUT2D eigenvalue weighted by molar-refractivity contribution is -0.130. The summed E-state index contributed by atoms with van der Waals surface area (Å²) in [4.78, 5) is 18.4. The van der Waals surface area contributed by atoms with Gasteiger partial charge in [0.15, 0.2) is 0 Å². The summed E-state index contributed by atoms with van der Waals surface area (Å²) in [5, 5.41) is 4.66. The second-order valence-electron chi connectivity index (χ2n) is 6.11. The molecule has 0 saturated heterocycles. The minimum absolute atomic E-state index is 0.0766. The summed E-state index contributed by atoms with van der Waals surface area (Å²) < 4.78 is 5.27. The predicted octanol–water partition coefficient (Wildman–Crippen LogP) is 4.37. The van der Waals surface area contributed by atoms with E-state index < -0.39 is 0 Å². The Hall–Kier alpha value is -2.66. The average molecular weight is 370 g/mol. The Morgan fingerprint density at radius 3 is 2.73 bits per heavy atom. The number of aromatic nitrogens is 2. The van der Waals surface area contributed by atoms with Gasteiger partial charge in [0.25, 0.3) is 0 Å². The first-order valence-corrected chi connectivity index (χ1v) is 8.86. The topological polar surface area (TPSA) is 59.2 Å². The molecule has 0 N–H and O–H groups in total. The van der Waals surface area contributed by atoms with Crippen LogP contribution >= 0.6 is 11.6 Å². The summed E-state index contributed by atoms with van der Waals surface area (Å²) in [5.74, 6) is 1.20. The molecule has 2 aromatic carbocycles. The van der Waals surface area contributed by atoms with Gasteiger partial charge in [-0.05, 0) is 24.1 Å². The van der Waals surface area contributed by atoms with Gasteiger partial charge in [-0.1, -0.05) is 59.2 Å². The van der Waals surface area contributed by atoms with Gasteiger partial charge < -0.3 is 9.42 Å². The first-order chi connectivity index (χ1) is 12.6. The number of benzene rings is 2. The smallest absolute Gasteiger partial charge is 0.226 e. The molecule has 0 saturated carbocycles. The highest BCUT2D eigenvalue weighted by molar-refractivity contribution is 6.30. The zero-order valence-corrected chi connectivity index (χ0v) is 15.3. The molecule has 1 aromatic heterocycles. The van der Waals surface area contributed by atoms with Crippen molar-refractivity contribution in [3.05, 3.63) is 71.1 Å². The summed E-state index contributed by atoms with van der Waals surface area (Å²) in [5.41, 5.74) is 1.93. The SMILES string of the molecule is CN(Cc1cccc(Cl)c1)C(=O)CCCc1nc(-c2ccccc2)no1. The number of aryl methyl sites for hydroxylation is 1. The molecule has 1 amide bonds. The molecule has 5 nitrogen and oxygen atoms in total. The summed E-state index contributed by atoms with van der Waals surface area (Å²) in [6.07, 6.45) is 1.67. The normalized spacial score (nSPS) is 10.7. The molecule has 0 unspecified atom stereocenters. The molecule has 134 valence electrons. The number of carbonyl (C=O) groups is 1. The van der Waals surface area contributed by atoms with E-state index in [-0.39, 0.29) is 5.91 Å². The molecule has 3 rings (SSSR count).